The summed E-state index contributed by atoms with van der Waals surface area (Å²) in [5.74, 6) is 1.72. The lowest BCUT2D eigenvalue weighted by molar-refractivity contribution is 0.281. The highest BCUT2D eigenvalue weighted by Gasteiger charge is 2.23. The van der Waals surface area contributed by atoms with E-state index in [-0.39, 0.29) is 0 Å². The molecule has 2 heteroatoms. The topological polar surface area (TPSA) is 15.3 Å². The monoisotopic (exact) mass is 286 g/mol. The van der Waals surface area contributed by atoms with E-state index >= 15 is 0 Å². The number of hydrogen-bond acceptors (Lipinski definition) is 2. The maximum Gasteiger partial charge on any atom is 0.0367 e. The number of rotatable bonds is 3. The average Bonchev–Trinajstić information content (AvgIpc) is 2.48. The third kappa shape index (κ3) is 3.93. The molecule has 0 bridgehead atoms. The van der Waals surface area contributed by atoms with E-state index < -0.39 is 0 Å². The molecular formula is C19H30N2. The predicted octanol–water partition coefficient (Wildman–Crippen LogP) is 4.91. The first-order valence-electron chi connectivity index (χ1n) is 8.82. The van der Waals surface area contributed by atoms with Crippen molar-refractivity contribution in [1.29, 1.82) is 0 Å². The van der Waals surface area contributed by atoms with E-state index in [2.05, 4.69) is 48.3 Å². The molecule has 1 N–H and O–H groups in total. The normalized spacial score (nSPS) is 30.2. The molecule has 3 rings (SSSR count). The molecule has 0 radical (unpaired) electrons. The van der Waals surface area contributed by atoms with Gasteiger partial charge in [-0.15, -0.1) is 0 Å². The Hall–Kier alpha value is -1.18. The highest BCUT2D eigenvalue weighted by atomic mass is 15.1. The lowest BCUT2D eigenvalue weighted by Crippen LogP contribution is -2.30. The predicted molar refractivity (Wildman–Crippen MR) is 92.1 cm³/mol. The molecule has 2 fully saturated rings. The Morgan fingerprint density at radius 1 is 0.857 bits per heavy atom. The van der Waals surface area contributed by atoms with Crippen molar-refractivity contribution in [2.75, 3.05) is 23.3 Å². The van der Waals surface area contributed by atoms with Crippen LogP contribution in [0, 0.1) is 11.8 Å². The van der Waals surface area contributed by atoms with Crippen LogP contribution in [-0.4, -0.2) is 19.1 Å². The molecule has 1 aliphatic heterocycles. The Balaban J connectivity index is 1.59. The van der Waals surface area contributed by atoms with Gasteiger partial charge in [0.2, 0.25) is 0 Å². The summed E-state index contributed by atoms with van der Waals surface area (Å²) < 4.78 is 0. The van der Waals surface area contributed by atoms with Crippen LogP contribution in [0.15, 0.2) is 24.3 Å². The summed E-state index contributed by atoms with van der Waals surface area (Å²) in [7, 11) is 0. The maximum absolute atomic E-state index is 3.75. The van der Waals surface area contributed by atoms with E-state index in [0.29, 0.717) is 6.04 Å². The quantitative estimate of drug-likeness (QED) is 0.849. The molecule has 1 aromatic carbocycles. The number of piperidine rings is 1. The number of nitrogens with zero attached hydrogens (tertiary/aromatic N) is 1. The van der Waals surface area contributed by atoms with Gasteiger partial charge in [0.15, 0.2) is 0 Å². The van der Waals surface area contributed by atoms with E-state index in [1.54, 1.807) is 0 Å². The lowest BCUT2D eigenvalue weighted by atomic mass is 9.80. The highest BCUT2D eigenvalue weighted by Crippen LogP contribution is 2.31. The largest absolute Gasteiger partial charge is 0.382 e. The van der Waals surface area contributed by atoms with Gasteiger partial charge >= 0.3 is 0 Å². The smallest absolute Gasteiger partial charge is 0.0367 e. The standard InChI is InChI=1S/C19H30N2/c1-15-12-16(2)14-18(13-15)20-17-6-8-19(9-7-17)21-10-4-3-5-11-21/h6-9,15-16,18,20H,3-5,10-14H2,1-2H3. The van der Waals surface area contributed by atoms with Gasteiger partial charge in [0, 0.05) is 30.5 Å². The molecule has 2 unspecified atom stereocenters. The number of benzene rings is 1. The van der Waals surface area contributed by atoms with Gasteiger partial charge in [-0.1, -0.05) is 13.8 Å². The van der Waals surface area contributed by atoms with Crippen molar-refractivity contribution in [3.8, 4) is 0 Å². The molecule has 1 aliphatic carbocycles. The van der Waals surface area contributed by atoms with Crippen molar-refractivity contribution in [3.63, 3.8) is 0 Å². The van der Waals surface area contributed by atoms with Crippen molar-refractivity contribution in [1.82, 2.24) is 0 Å². The van der Waals surface area contributed by atoms with Gasteiger partial charge in [-0.05, 0) is 74.6 Å². The average molecular weight is 286 g/mol. The maximum atomic E-state index is 3.75. The van der Waals surface area contributed by atoms with Crippen LogP contribution in [0.5, 0.6) is 0 Å². The Morgan fingerprint density at radius 3 is 2.10 bits per heavy atom. The van der Waals surface area contributed by atoms with Crippen molar-refractivity contribution in [2.45, 2.75) is 58.4 Å². The summed E-state index contributed by atoms with van der Waals surface area (Å²) in [6, 6.07) is 9.79. The first-order chi connectivity index (χ1) is 10.2. The van der Waals surface area contributed by atoms with Crippen LogP contribution in [-0.2, 0) is 0 Å². The van der Waals surface area contributed by atoms with Gasteiger partial charge in [-0.25, -0.2) is 0 Å². The molecule has 0 amide bonds. The highest BCUT2D eigenvalue weighted by molar-refractivity contribution is 5.55. The summed E-state index contributed by atoms with van der Waals surface area (Å²) in [5, 5.41) is 3.75. The van der Waals surface area contributed by atoms with Crippen molar-refractivity contribution >= 4 is 11.4 Å². The van der Waals surface area contributed by atoms with Crippen LogP contribution >= 0.6 is 0 Å². The van der Waals surface area contributed by atoms with Gasteiger partial charge < -0.3 is 10.2 Å². The summed E-state index contributed by atoms with van der Waals surface area (Å²) in [4.78, 5) is 2.53. The molecular weight excluding hydrogens is 256 g/mol. The van der Waals surface area contributed by atoms with Gasteiger partial charge in [0.1, 0.15) is 0 Å². The first kappa shape index (κ1) is 14.7. The minimum Gasteiger partial charge on any atom is -0.382 e. The molecule has 1 saturated carbocycles. The Labute approximate surface area is 129 Å². The van der Waals surface area contributed by atoms with Crippen LogP contribution < -0.4 is 10.2 Å². The first-order valence-corrected chi connectivity index (χ1v) is 8.82. The van der Waals surface area contributed by atoms with Gasteiger partial charge in [-0.3, -0.25) is 0 Å². The SMILES string of the molecule is CC1CC(C)CC(Nc2ccc(N3CCCCC3)cc2)C1. The number of hydrogen-bond donors (Lipinski definition) is 1. The third-order valence-electron chi connectivity index (χ3n) is 5.14. The number of anilines is 2. The molecule has 0 spiro atoms. The second kappa shape index (κ2) is 6.72. The Kier molecular flexibility index (Phi) is 4.72. The van der Waals surface area contributed by atoms with Gasteiger partial charge in [0.05, 0.1) is 0 Å². The Bertz CT molecular complexity index is 423. The van der Waals surface area contributed by atoms with Gasteiger partial charge in [-0.2, -0.15) is 0 Å². The zero-order valence-electron chi connectivity index (χ0n) is 13.6. The molecule has 2 nitrogen and oxygen atoms in total. The summed E-state index contributed by atoms with van der Waals surface area (Å²) in [6.07, 6.45) is 8.12. The van der Waals surface area contributed by atoms with Crippen LogP contribution in [0.3, 0.4) is 0 Å². The molecule has 1 aromatic rings. The lowest BCUT2D eigenvalue weighted by Gasteiger charge is -2.33. The summed E-state index contributed by atoms with van der Waals surface area (Å²) >= 11 is 0. The van der Waals surface area contributed by atoms with E-state index in [4.69, 9.17) is 0 Å². The molecule has 2 atom stereocenters. The van der Waals surface area contributed by atoms with Crippen LogP contribution in [0.25, 0.3) is 0 Å². The van der Waals surface area contributed by atoms with E-state index in [9.17, 15) is 0 Å². The van der Waals surface area contributed by atoms with Crippen molar-refractivity contribution in [3.05, 3.63) is 24.3 Å². The molecule has 21 heavy (non-hydrogen) atoms. The molecule has 1 saturated heterocycles. The van der Waals surface area contributed by atoms with E-state index in [1.807, 2.05) is 0 Å². The molecule has 116 valence electrons. The molecule has 1 heterocycles. The zero-order valence-corrected chi connectivity index (χ0v) is 13.6. The second-order valence-corrected chi connectivity index (χ2v) is 7.35. The third-order valence-corrected chi connectivity index (χ3v) is 5.14. The number of nitrogens with one attached hydrogen (secondary N) is 1. The van der Waals surface area contributed by atoms with Crippen molar-refractivity contribution < 1.29 is 0 Å². The second-order valence-electron chi connectivity index (χ2n) is 7.35. The van der Waals surface area contributed by atoms with E-state index in [1.165, 1.54) is 63.0 Å². The van der Waals surface area contributed by atoms with E-state index in [0.717, 1.165) is 11.8 Å². The van der Waals surface area contributed by atoms with Crippen molar-refractivity contribution in [2.24, 2.45) is 11.8 Å². The molecule has 0 aromatic heterocycles. The van der Waals surface area contributed by atoms with Gasteiger partial charge in [0.25, 0.3) is 0 Å². The minimum absolute atomic E-state index is 0.657. The summed E-state index contributed by atoms with van der Waals surface area (Å²) in [6.45, 7) is 7.24. The molecule has 2 aliphatic rings. The minimum atomic E-state index is 0.657. The fourth-order valence-electron chi connectivity index (χ4n) is 4.22. The van der Waals surface area contributed by atoms with Crippen LogP contribution in [0.2, 0.25) is 0 Å². The zero-order chi connectivity index (χ0) is 14.7. The summed E-state index contributed by atoms with van der Waals surface area (Å²) in [5.41, 5.74) is 2.69. The fraction of sp³-hybridized carbons (Fsp3) is 0.684. The van der Waals surface area contributed by atoms with Crippen LogP contribution in [0.1, 0.15) is 52.4 Å². The fourth-order valence-corrected chi connectivity index (χ4v) is 4.22. The van der Waals surface area contributed by atoms with Crippen LogP contribution in [0.4, 0.5) is 11.4 Å². The Morgan fingerprint density at radius 2 is 1.48 bits per heavy atom.